The van der Waals surface area contributed by atoms with Crippen LogP contribution in [0.4, 0.5) is 10.6 Å². The minimum absolute atomic E-state index is 0.239. The normalized spacial score (nSPS) is 9.92. The molecule has 0 bridgehead atoms. The van der Waals surface area contributed by atoms with Crippen molar-refractivity contribution in [2.45, 2.75) is 32.6 Å². The third-order valence-electron chi connectivity index (χ3n) is 3.43. The highest BCUT2D eigenvalue weighted by Crippen LogP contribution is 2.07. The first-order valence-corrected chi connectivity index (χ1v) is 8.20. The van der Waals surface area contributed by atoms with Crippen LogP contribution in [-0.2, 0) is 7.05 Å². The molecule has 0 radical (unpaired) electrons. The molecule has 2 N–H and O–H groups in total. The number of hydrogen-bond acceptors (Lipinski definition) is 3. The van der Waals surface area contributed by atoms with E-state index in [9.17, 15) is 4.79 Å². The fourth-order valence-corrected chi connectivity index (χ4v) is 2.13. The van der Waals surface area contributed by atoms with Gasteiger partial charge >= 0.3 is 6.03 Å². The number of rotatable bonds is 6. The van der Waals surface area contributed by atoms with Gasteiger partial charge in [-0.3, -0.25) is 15.0 Å². The van der Waals surface area contributed by atoms with Crippen LogP contribution in [-0.4, -0.2) is 27.3 Å². The first-order chi connectivity index (χ1) is 11.7. The molecule has 6 heteroatoms. The van der Waals surface area contributed by atoms with Gasteiger partial charge < -0.3 is 5.32 Å². The first kappa shape index (κ1) is 17.5. The van der Waals surface area contributed by atoms with Gasteiger partial charge in [0.1, 0.15) is 5.69 Å². The van der Waals surface area contributed by atoms with Crippen LogP contribution >= 0.6 is 0 Å². The molecule has 0 aliphatic rings. The van der Waals surface area contributed by atoms with Gasteiger partial charge in [0, 0.05) is 37.6 Å². The molecule has 2 heterocycles. The van der Waals surface area contributed by atoms with E-state index in [-0.39, 0.29) is 6.03 Å². The first-order valence-electron chi connectivity index (χ1n) is 8.20. The standard InChI is InChI=1S/C18H23N5O/c1-3-4-5-6-12-20-18(24)21-17-13-16(23(2)22-17)10-9-15-8-7-11-19-14-15/h7-8,11,13-14H,3-6,12H2,1-2H3,(H2,20,21,22,24). The maximum Gasteiger partial charge on any atom is 0.320 e. The summed E-state index contributed by atoms with van der Waals surface area (Å²) in [5, 5.41) is 9.81. The summed E-state index contributed by atoms with van der Waals surface area (Å²) in [7, 11) is 1.79. The average molecular weight is 325 g/mol. The number of amides is 2. The van der Waals surface area contributed by atoms with E-state index in [1.807, 2.05) is 12.1 Å². The molecular weight excluding hydrogens is 302 g/mol. The summed E-state index contributed by atoms with van der Waals surface area (Å²) in [5.74, 6) is 6.53. The molecule has 0 saturated heterocycles. The van der Waals surface area contributed by atoms with Crippen LogP contribution in [0.25, 0.3) is 0 Å². The number of nitrogens with one attached hydrogen (secondary N) is 2. The van der Waals surface area contributed by atoms with Crippen molar-refractivity contribution in [1.82, 2.24) is 20.1 Å². The van der Waals surface area contributed by atoms with Crippen molar-refractivity contribution in [3.05, 3.63) is 41.9 Å². The lowest BCUT2D eigenvalue weighted by Crippen LogP contribution is -2.29. The van der Waals surface area contributed by atoms with E-state index in [4.69, 9.17) is 0 Å². The van der Waals surface area contributed by atoms with E-state index in [0.29, 0.717) is 12.4 Å². The van der Waals surface area contributed by atoms with Gasteiger partial charge in [-0.1, -0.05) is 32.1 Å². The fraction of sp³-hybridized carbons (Fsp3) is 0.389. The number of hydrogen-bond donors (Lipinski definition) is 2. The largest absolute Gasteiger partial charge is 0.338 e. The number of aryl methyl sites for hydroxylation is 1. The summed E-state index contributed by atoms with van der Waals surface area (Å²) in [6.07, 6.45) is 7.91. The molecule has 0 aliphatic heterocycles. The van der Waals surface area contributed by atoms with E-state index < -0.39 is 0 Å². The van der Waals surface area contributed by atoms with Crippen molar-refractivity contribution < 1.29 is 4.79 Å². The summed E-state index contributed by atoms with van der Waals surface area (Å²) in [4.78, 5) is 15.9. The van der Waals surface area contributed by atoms with Gasteiger partial charge in [0.2, 0.25) is 0 Å². The van der Waals surface area contributed by atoms with Crippen molar-refractivity contribution in [2.75, 3.05) is 11.9 Å². The second-order valence-electron chi connectivity index (χ2n) is 5.47. The lowest BCUT2D eigenvalue weighted by Gasteiger charge is -2.04. The van der Waals surface area contributed by atoms with Crippen LogP contribution < -0.4 is 10.6 Å². The van der Waals surface area contributed by atoms with Gasteiger partial charge in [-0.15, -0.1) is 0 Å². The van der Waals surface area contributed by atoms with Crippen LogP contribution in [0.5, 0.6) is 0 Å². The Morgan fingerprint density at radius 2 is 2.17 bits per heavy atom. The van der Waals surface area contributed by atoms with Gasteiger partial charge in [0.15, 0.2) is 5.82 Å². The molecule has 0 aromatic carbocycles. The molecule has 0 spiro atoms. The molecule has 6 nitrogen and oxygen atoms in total. The number of nitrogens with zero attached hydrogens (tertiary/aromatic N) is 3. The molecule has 2 aromatic rings. The Bertz CT molecular complexity index is 712. The molecule has 0 atom stereocenters. The van der Waals surface area contributed by atoms with Gasteiger partial charge in [-0.25, -0.2) is 4.79 Å². The number of carbonyl (C=O) groups is 1. The van der Waals surface area contributed by atoms with Crippen molar-refractivity contribution >= 4 is 11.8 Å². The lowest BCUT2D eigenvalue weighted by molar-refractivity contribution is 0.252. The zero-order valence-corrected chi connectivity index (χ0v) is 14.2. The summed E-state index contributed by atoms with van der Waals surface area (Å²) in [6.45, 7) is 2.84. The molecule has 0 saturated carbocycles. The highest BCUT2D eigenvalue weighted by atomic mass is 16.2. The molecule has 2 rings (SSSR count). The number of urea groups is 1. The highest BCUT2D eigenvalue weighted by Gasteiger charge is 2.06. The second-order valence-corrected chi connectivity index (χ2v) is 5.47. The smallest absolute Gasteiger partial charge is 0.320 e. The van der Waals surface area contributed by atoms with Crippen LogP contribution in [0.1, 0.15) is 43.9 Å². The molecule has 2 aromatic heterocycles. The molecule has 0 fully saturated rings. The van der Waals surface area contributed by atoms with Crippen molar-refractivity contribution in [2.24, 2.45) is 7.05 Å². The van der Waals surface area contributed by atoms with Crippen LogP contribution in [0.15, 0.2) is 30.6 Å². The fourth-order valence-electron chi connectivity index (χ4n) is 2.13. The minimum atomic E-state index is -0.239. The number of aromatic nitrogens is 3. The zero-order valence-electron chi connectivity index (χ0n) is 14.2. The van der Waals surface area contributed by atoms with E-state index in [0.717, 1.165) is 24.1 Å². The van der Waals surface area contributed by atoms with Gasteiger partial charge in [0.05, 0.1) is 0 Å². The Morgan fingerprint density at radius 1 is 1.29 bits per heavy atom. The maximum atomic E-state index is 11.8. The lowest BCUT2D eigenvalue weighted by atomic mass is 10.2. The van der Waals surface area contributed by atoms with E-state index in [1.165, 1.54) is 12.8 Å². The molecule has 24 heavy (non-hydrogen) atoms. The predicted molar refractivity (Wildman–Crippen MR) is 94.6 cm³/mol. The number of unbranched alkanes of at least 4 members (excludes halogenated alkanes) is 3. The predicted octanol–water partition coefficient (Wildman–Crippen LogP) is 2.92. The number of pyridine rings is 1. The van der Waals surface area contributed by atoms with E-state index in [2.05, 4.69) is 39.5 Å². The second kappa shape index (κ2) is 9.36. The summed E-state index contributed by atoms with van der Waals surface area (Å²) in [6, 6.07) is 5.24. The molecule has 0 unspecified atom stereocenters. The van der Waals surface area contributed by atoms with E-state index >= 15 is 0 Å². The quantitative estimate of drug-likeness (QED) is 0.633. The summed E-state index contributed by atoms with van der Waals surface area (Å²) < 4.78 is 1.64. The van der Waals surface area contributed by atoms with E-state index in [1.54, 1.807) is 30.2 Å². The third kappa shape index (κ3) is 5.76. The van der Waals surface area contributed by atoms with Crippen LogP contribution in [0, 0.1) is 11.8 Å². The topological polar surface area (TPSA) is 71.8 Å². The average Bonchev–Trinajstić information content (AvgIpc) is 2.93. The number of anilines is 1. The maximum absolute atomic E-state index is 11.8. The third-order valence-corrected chi connectivity index (χ3v) is 3.43. The molecule has 126 valence electrons. The van der Waals surface area contributed by atoms with Gasteiger partial charge in [-0.2, -0.15) is 5.10 Å². The Balaban J connectivity index is 1.87. The van der Waals surface area contributed by atoms with Crippen molar-refractivity contribution in [1.29, 1.82) is 0 Å². The van der Waals surface area contributed by atoms with Crippen LogP contribution in [0.3, 0.4) is 0 Å². The minimum Gasteiger partial charge on any atom is -0.338 e. The monoisotopic (exact) mass is 325 g/mol. The SMILES string of the molecule is CCCCCCNC(=O)Nc1cc(C#Cc2cccnc2)n(C)n1. The Hall–Kier alpha value is -2.81. The summed E-state index contributed by atoms with van der Waals surface area (Å²) >= 11 is 0. The Labute approximate surface area is 142 Å². The summed E-state index contributed by atoms with van der Waals surface area (Å²) in [5.41, 5.74) is 1.55. The molecular formula is C18H23N5O. The Kier molecular flexibility index (Phi) is 6.84. The van der Waals surface area contributed by atoms with Crippen LogP contribution in [0.2, 0.25) is 0 Å². The molecule has 0 aliphatic carbocycles. The Morgan fingerprint density at radius 3 is 2.92 bits per heavy atom. The van der Waals surface area contributed by atoms with Gasteiger partial charge in [0.25, 0.3) is 0 Å². The number of carbonyl (C=O) groups excluding carboxylic acids is 1. The zero-order chi connectivity index (χ0) is 17.2. The molecule has 2 amide bonds. The van der Waals surface area contributed by atoms with Gasteiger partial charge in [-0.05, 0) is 24.5 Å². The highest BCUT2D eigenvalue weighted by molar-refractivity contribution is 5.88. The van der Waals surface area contributed by atoms with Crippen molar-refractivity contribution in [3.8, 4) is 11.8 Å². The van der Waals surface area contributed by atoms with Crippen molar-refractivity contribution in [3.63, 3.8) is 0 Å².